The highest BCUT2D eigenvalue weighted by Gasteiger charge is 2.25. The van der Waals surface area contributed by atoms with Crippen molar-refractivity contribution in [2.24, 2.45) is 5.92 Å². The van der Waals surface area contributed by atoms with Crippen LogP contribution in [0.1, 0.15) is 32.6 Å². The van der Waals surface area contributed by atoms with Gasteiger partial charge in [0.15, 0.2) is 0 Å². The molecule has 2 heterocycles. The largest absolute Gasteiger partial charge is 0.481 e. The number of likely N-dealkylation sites (tertiary alicyclic amines) is 1. The Labute approximate surface area is 151 Å². The van der Waals surface area contributed by atoms with E-state index >= 15 is 0 Å². The Morgan fingerprint density at radius 3 is 2.54 bits per heavy atom. The molecule has 0 bridgehead atoms. The molecule has 26 heavy (non-hydrogen) atoms. The molecule has 1 amide bonds. The molecule has 1 unspecified atom stereocenters. The number of carbonyl (C=O) groups is 2. The quantitative estimate of drug-likeness (QED) is 0.854. The lowest BCUT2D eigenvalue weighted by atomic mass is 9.93. The molecule has 2 aromatic rings. The van der Waals surface area contributed by atoms with Crippen LogP contribution >= 0.6 is 0 Å². The Kier molecular flexibility index (Phi) is 5.44. The molecule has 1 fully saturated rings. The highest BCUT2D eigenvalue weighted by Crippen LogP contribution is 2.21. The average Bonchev–Trinajstić information content (AvgIpc) is 2.91. The third-order valence-corrected chi connectivity index (χ3v) is 5.17. The van der Waals surface area contributed by atoms with Gasteiger partial charge in [0.2, 0.25) is 5.91 Å². The molecular weight excluding hydrogens is 334 g/mol. The van der Waals surface area contributed by atoms with Gasteiger partial charge in [-0.1, -0.05) is 12.1 Å². The molecule has 7 heteroatoms. The topological polar surface area (TPSA) is 84.5 Å². The van der Waals surface area contributed by atoms with Crippen LogP contribution in [0.15, 0.2) is 29.1 Å². The number of carboxylic acids is 1. The van der Waals surface area contributed by atoms with E-state index in [2.05, 4.69) is 0 Å². The van der Waals surface area contributed by atoms with Gasteiger partial charge < -0.3 is 10.0 Å². The van der Waals surface area contributed by atoms with Crippen LogP contribution < -0.4 is 5.69 Å². The molecule has 0 aliphatic carbocycles. The highest BCUT2D eigenvalue weighted by atomic mass is 16.4. The summed E-state index contributed by atoms with van der Waals surface area (Å²) in [4.78, 5) is 38.0. The Bertz CT molecular complexity index is 867. The highest BCUT2D eigenvalue weighted by molar-refractivity contribution is 5.81. The summed E-state index contributed by atoms with van der Waals surface area (Å²) in [6.45, 7) is 3.74. The van der Waals surface area contributed by atoms with Crippen LogP contribution in [0.5, 0.6) is 0 Å². The second-order valence-electron chi connectivity index (χ2n) is 6.88. The van der Waals surface area contributed by atoms with Gasteiger partial charge in [-0.2, -0.15) is 0 Å². The number of para-hydroxylation sites is 2. The minimum absolute atomic E-state index is 0.0258. The number of aryl methyl sites for hydroxylation is 1. The zero-order chi connectivity index (χ0) is 18.7. The first-order chi connectivity index (χ1) is 12.5. The van der Waals surface area contributed by atoms with Crippen LogP contribution in [0.25, 0.3) is 11.0 Å². The number of carboxylic acid groups (broad SMARTS) is 1. The number of hydrogen-bond acceptors (Lipinski definition) is 3. The van der Waals surface area contributed by atoms with Gasteiger partial charge in [-0.05, 0) is 44.2 Å². The van der Waals surface area contributed by atoms with Gasteiger partial charge in [0.05, 0.1) is 11.0 Å². The first-order valence-corrected chi connectivity index (χ1v) is 9.19. The number of piperidine rings is 1. The van der Waals surface area contributed by atoms with E-state index in [0.717, 1.165) is 23.9 Å². The summed E-state index contributed by atoms with van der Waals surface area (Å²) < 4.78 is 3.22. The Balaban J connectivity index is 1.76. The minimum atomic E-state index is -0.799. The summed E-state index contributed by atoms with van der Waals surface area (Å²) >= 11 is 0. The molecule has 1 aliphatic heterocycles. The monoisotopic (exact) mass is 359 g/mol. The van der Waals surface area contributed by atoms with E-state index in [-0.39, 0.29) is 30.5 Å². The fourth-order valence-electron chi connectivity index (χ4n) is 3.82. The number of aromatic nitrogens is 2. The molecule has 1 saturated heterocycles. The molecule has 1 atom stereocenters. The van der Waals surface area contributed by atoms with E-state index in [1.165, 1.54) is 0 Å². The molecule has 1 N–H and O–H groups in total. The van der Waals surface area contributed by atoms with Crippen LogP contribution in [0.2, 0.25) is 0 Å². The van der Waals surface area contributed by atoms with Gasteiger partial charge in [-0.25, -0.2) is 4.79 Å². The lowest BCUT2D eigenvalue weighted by Crippen LogP contribution is -2.42. The first-order valence-electron chi connectivity index (χ1n) is 9.19. The van der Waals surface area contributed by atoms with Gasteiger partial charge in [0.25, 0.3) is 0 Å². The molecule has 0 spiro atoms. The molecule has 1 aromatic heterocycles. The van der Waals surface area contributed by atoms with Gasteiger partial charge >= 0.3 is 11.7 Å². The van der Waals surface area contributed by atoms with Crippen molar-refractivity contribution in [3.05, 3.63) is 34.7 Å². The zero-order valence-electron chi connectivity index (χ0n) is 15.1. The number of nitrogens with zero attached hydrogens (tertiary/aromatic N) is 3. The third-order valence-electron chi connectivity index (χ3n) is 5.17. The number of imidazole rings is 1. The molecule has 1 aliphatic rings. The molecule has 3 rings (SSSR count). The second-order valence-corrected chi connectivity index (χ2v) is 6.88. The Hall–Kier alpha value is -2.57. The minimum Gasteiger partial charge on any atom is -0.481 e. The maximum Gasteiger partial charge on any atom is 0.329 e. The van der Waals surface area contributed by atoms with Crippen molar-refractivity contribution in [1.82, 2.24) is 14.0 Å². The summed E-state index contributed by atoms with van der Waals surface area (Å²) in [6, 6.07) is 7.51. The van der Waals surface area contributed by atoms with Crippen molar-refractivity contribution in [1.29, 1.82) is 0 Å². The number of rotatable bonds is 6. The lowest BCUT2D eigenvalue weighted by molar-refractivity contribution is -0.137. The summed E-state index contributed by atoms with van der Waals surface area (Å²) in [5.41, 5.74) is 1.44. The second kappa shape index (κ2) is 7.76. The van der Waals surface area contributed by atoms with E-state index in [0.29, 0.717) is 26.1 Å². The molecule has 0 radical (unpaired) electrons. The van der Waals surface area contributed by atoms with Gasteiger partial charge in [0.1, 0.15) is 6.54 Å². The van der Waals surface area contributed by atoms with Crippen LogP contribution in [-0.2, 0) is 22.7 Å². The lowest BCUT2D eigenvalue weighted by Gasteiger charge is -2.32. The van der Waals surface area contributed by atoms with Crippen molar-refractivity contribution in [3.63, 3.8) is 0 Å². The Morgan fingerprint density at radius 2 is 1.88 bits per heavy atom. The van der Waals surface area contributed by atoms with Gasteiger partial charge in [-0.3, -0.25) is 18.7 Å². The molecule has 0 saturated carbocycles. The fraction of sp³-hybridized carbons (Fsp3) is 0.526. The average molecular weight is 359 g/mol. The standard InChI is InChI=1S/C19H25N3O4/c1-2-21-15-7-3-4-8-16(15)22(19(21)26)13-17(23)20-11-5-6-14(12-20)9-10-18(24)25/h3-4,7-8,14H,2,5-6,9-13H2,1H3,(H,24,25). The summed E-state index contributed by atoms with van der Waals surface area (Å²) in [5, 5.41) is 8.85. The summed E-state index contributed by atoms with van der Waals surface area (Å²) in [6.07, 6.45) is 2.55. The number of benzene rings is 1. The van der Waals surface area contributed by atoms with Crippen molar-refractivity contribution >= 4 is 22.9 Å². The van der Waals surface area contributed by atoms with E-state index in [4.69, 9.17) is 5.11 Å². The summed E-state index contributed by atoms with van der Waals surface area (Å²) in [7, 11) is 0. The first kappa shape index (κ1) is 18.2. The summed E-state index contributed by atoms with van der Waals surface area (Å²) in [5.74, 6) is -0.656. The Morgan fingerprint density at radius 1 is 1.19 bits per heavy atom. The maximum absolute atomic E-state index is 12.8. The molecular formula is C19H25N3O4. The van der Waals surface area contributed by atoms with Gasteiger partial charge in [0, 0.05) is 26.1 Å². The van der Waals surface area contributed by atoms with Crippen LogP contribution in [-0.4, -0.2) is 44.1 Å². The van der Waals surface area contributed by atoms with Crippen LogP contribution in [0, 0.1) is 5.92 Å². The van der Waals surface area contributed by atoms with Crippen LogP contribution in [0.3, 0.4) is 0 Å². The number of fused-ring (bicyclic) bond motifs is 1. The van der Waals surface area contributed by atoms with E-state index in [9.17, 15) is 14.4 Å². The van der Waals surface area contributed by atoms with Gasteiger partial charge in [-0.15, -0.1) is 0 Å². The zero-order valence-corrected chi connectivity index (χ0v) is 15.1. The predicted molar refractivity (Wildman–Crippen MR) is 98.0 cm³/mol. The molecule has 7 nitrogen and oxygen atoms in total. The number of amides is 1. The maximum atomic E-state index is 12.8. The van der Waals surface area contributed by atoms with Crippen molar-refractivity contribution in [3.8, 4) is 0 Å². The third kappa shape index (κ3) is 3.66. The normalized spacial score (nSPS) is 17.6. The fourth-order valence-corrected chi connectivity index (χ4v) is 3.82. The van der Waals surface area contributed by atoms with Crippen molar-refractivity contribution in [2.75, 3.05) is 13.1 Å². The van der Waals surface area contributed by atoms with E-state index in [1.807, 2.05) is 31.2 Å². The van der Waals surface area contributed by atoms with Crippen molar-refractivity contribution in [2.45, 2.75) is 45.7 Å². The number of carbonyl (C=O) groups excluding carboxylic acids is 1. The molecule has 1 aromatic carbocycles. The smallest absolute Gasteiger partial charge is 0.329 e. The predicted octanol–water partition coefficient (Wildman–Crippen LogP) is 1.93. The van der Waals surface area contributed by atoms with E-state index < -0.39 is 5.97 Å². The SMILES string of the molecule is CCn1c(=O)n(CC(=O)N2CCCC(CCC(=O)O)C2)c2ccccc21. The van der Waals surface area contributed by atoms with Crippen molar-refractivity contribution < 1.29 is 14.7 Å². The number of aliphatic carboxylic acids is 1. The van der Waals surface area contributed by atoms with E-state index in [1.54, 1.807) is 14.0 Å². The number of hydrogen-bond donors (Lipinski definition) is 1. The molecule has 140 valence electrons. The van der Waals surface area contributed by atoms with Crippen LogP contribution in [0.4, 0.5) is 0 Å².